The van der Waals surface area contributed by atoms with Crippen molar-refractivity contribution in [2.75, 3.05) is 13.1 Å². The fraction of sp³-hybridized carbons (Fsp3) is 0.714. The number of aryl methyl sites for hydroxylation is 1. The average Bonchev–Trinajstić information content (AvgIpc) is 2.41. The van der Waals surface area contributed by atoms with Crippen LogP contribution in [0.5, 0.6) is 0 Å². The van der Waals surface area contributed by atoms with Gasteiger partial charge >= 0.3 is 0 Å². The molecule has 0 amide bonds. The molecule has 4 heteroatoms. The van der Waals surface area contributed by atoms with Gasteiger partial charge in [0.1, 0.15) is 0 Å². The van der Waals surface area contributed by atoms with E-state index in [4.69, 9.17) is 0 Å². The third-order valence-corrected chi connectivity index (χ3v) is 3.78. The molecular formula is C14H24N4. The molecule has 0 bridgehead atoms. The molecule has 1 aliphatic heterocycles. The zero-order valence-electron chi connectivity index (χ0n) is 11.7. The Kier molecular flexibility index (Phi) is 4.66. The molecule has 1 N–H and O–H groups in total. The molecule has 100 valence electrons. The number of hydrogen-bond donors (Lipinski definition) is 1. The van der Waals surface area contributed by atoms with Crippen molar-refractivity contribution in [3.05, 3.63) is 23.8 Å². The van der Waals surface area contributed by atoms with Gasteiger partial charge in [0.25, 0.3) is 0 Å². The molecule has 1 fully saturated rings. The van der Waals surface area contributed by atoms with Gasteiger partial charge < -0.3 is 5.32 Å². The Morgan fingerprint density at radius 1 is 1.28 bits per heavy atom. The molecule has 2 atom stereocenters. The summed E-state index contributed by atoms with van der Waals surface area (Å²) in [6.07, 6.45) is 6.13. The van der Waals surface area contributed by atoms with E-state index in [1.54, 1.807) is 0 Å². The van der Waals surface area contributed by atoms with Crippen molar-refractivity contribution in [2.45, 2.75) is 52.2 Å². The van der Waals surface area contributed by atoms with Gasteiger partial charge in [-0.05, 0) is 19.8 Å². The Labute approximate surface area is 110 Å². The van der Waals surface area contributed by atoms with Gasteiger partial charge in [-0.15, -0.1) is 0 Å². The van der Waals surface area contributed by atoms with Gasteiger partial charge in [0.2, 0.25) is 0 Å². The monoisotopic (exact) mass is 248 g/mol. The summed E-state index contributed by atoms with van der Waals surface area (Å²) >= 11 is 0. The first kappa shape index (κ1) is 13.4. The zero-order valence-corrected chi connectivity index (χ0v) is 11.7. The maximum Gasteiger partial charge on any atom is 0.0727 e. The van der Waals surface area contributed by atoms with Gasteiger partial charge in [-0.2, -0.15) is 0 Å². The largest absolute Gasteiger partial charge is 0.311 e. The molecule has 0 radical (unpaired) electrons. The molecule has 1 aliphatic rings. The van der Waals surface area contributed by atoms with Crippen LogP contribution in [0.4, 0.5) is 0 Å². The first-order valence-corrected chi connectivity index (χ1v) is 6.97. The highest BCUT2D eigenvalue weighted by Crippen LogP contribution is 2.14. The van der Waals surface area contributed by atoms with Gasteiger partial charge in [0, 0.05) is 44.1 Å². The van der Waals surface area contributed by atoms with Gasteiger partial charge in [0.15, 0.2) is 0 Å². The molecule has 0 saturated carbocycles. The molecule has 1 aromatic rings. The molecule has 0 spiro atoms. The van der Waals surface area contributed by atoms with Gasteiger partial charge in [-0.25, -0.2) is 0 Å². The second kappa shape index (κ2) is 6.25. The quantitative estimate of drug-likeness (QED) is 0.881. The van der Waals surface area contributed by atoms with Gasteiger partial charge in [-0.3, -0.25) is 14.9 Å². The zero-order chi connectivity index (χ0) is 13.0. The summed E-state index contributed by atoms with van der Waals surface area (Å²) in [7, 11) is 0. The van der Waals surface area contributed by atoms with E-state index in [2.05, 4.69) is 34.0 Å². The molecular weight excluding hydrogens is 224 g/mol. The minimum atomic E-state index is 0.617. The SMILES string of the molecule is CCC1CN(Cc2cnc(C)cn2)C(CC)CN1. The van der Waals surface area contributed by atoms with E-state index in [0.717, 1.165) is 31.0 Å². The Bertz CT molecular complexity index is 363. The minimum Gasteiger partial charge on any atom is -0.311 e. The molecule has 18 heavy (non-hydrogen) atoms. The predicted octanol–water partition coefficient (Wildman–Crippen LogP) is 1.75. The molecule has 0 aliphatic carbocycles. The minimum absolute atomic E-state index is 0.617. The fourth-order valence-corrected chi connectivity index (χ4v) is 2.51. The van der Waals surface area contributed by atoms with E-state index in [1.807, 2.05) is 19.3 Å². The molecule has 2 rings (SSSR count). The molecule has 2 unspecified atom stereocenters. The predicted molar refractivity (Wildman–Crippen MR) is 73.3 cm³/mol. The van der Waals surface area contributed by atoms with Crippen LogP contribution in [0.2, 0.25) is 0 Å². The standard InChI is InChI=1S/C14H24N4/c1-4-12-9-18(14(5-2)8-17-12)10-13-7-15-11(3)6-16-13/h6-7,12,14,17H,4-5,8-10H2,1-3H3. The summed E-state index contributed by atoms with van der Waals surface area (Å²) in [4.78, 5) is 11.3. The number of hydrogen-bond acceptors (Lipinski definition) is 4. The van der Waals surface area contributed by atoms with E-state index < -0.39 is 0 Å². The normalized spacial score (nSPS) is 25.3. The smallest absolute Gasteiger partial charge is 0.0727 e. The lowest BCUT2D eigenvalue weighted by Crippen LogP contribution is -2.55. The van der Waals surface area contributed by atoms with Crippen molar-refractivity contribution in [3.63, 3.8) is 0 Å². The first-order chi connectivity index (χ1) is 8.72. The highest BCUT2D eigenvalue weighted by Gasteiger charge is 2.25. The van der Waals surface area contributed by atoms with E-state index in [0.29, 0.717) is 12.1 Å². The summed E-state index contributed by atoms with van der Waals surface area (Å²) in [5, 5.41) is 3.62. The summed E-state index contributed by atoms with van der Waals surface area (Å²) < 4.78 is 0. The maximum atomic E-state index is 4.47. The lowest BCUT2D eigenvalue weighted by atomic mass is 10.1. The lowest BCUT2D eigenvalue weighted by Gasteiger charge is -2.39. The van der Waals surface area contributed by atoms with Crippen LogP contribution >= 0.6 is 0 Å². The Morgan fingerprint density at radius 3 is 2.72 bits per heavy atom. The molecule has 1 aromatic heterocycles. The van der Waals surface area contributed by atoms with E-state index in [9.17, 15) is 0 Å². The van der Waals surface area contributed by atoms with E-state index in [-0.39, 0.29) is 0 Å². The Morgan fingerprint density at radius 2 is 2.11 bits per heavy atom. The van der Waals surface area contributed by atoms with Crippen molar-refractivity contribution < 1.29 is 0 Å². The van der Waals surface area contributed by atoms with E-state index in [1.165, 1.54) is 12.8 Å². The number of aromatic nitrogens is 2. The fourth-order valence-electron chi connectivity index (χ4n) is 2.51. The third-order valence-electron chi connectivity index (χ3n) is 3.78. The van der Waals surface area contributed by atoms with Crippen LogP contribution in [0.1, 0.15) is 38.1 Å². The van der Waals surface area contributed by atoms with Crippen molar-refractivity contribution in [2.24, 2.45) is 0 Å². The summed E-state index contributed by atoms with van der Waals surface area (Å²) in [6.45, 7) is 9.60. The van der Waals surface area contributed by atoms with Gasteiger partial charge in [0.05, 0.1) is 11.4 Å². The van der Waals surface area contributed by atoms with Crippen molar-refractivity contribution >= 4 is 0 Å². The molecule has 1 saturated heterocycles. The first-order valence-electron chi connectivity index (χ1n) is 6.97. The highest BCUT2D eigenvalue weighted by molar-refractivity contribution is 5.01. The average molecular weight is 248 g/mol. The van der Waals surface area contributed by atoms with Crippen LogP contribution in [0.15, 0.2) is 12.4 Å². The topological polar surface area (TPSA) is 41.1 Å². The van der Waals surface area contributed by atoms with Crippen LogP contribution in [0, 0.1) is 6.92 Å². The second-order valence-corrected chi connectivity index (χ2v) is 5.15. The third kappa shape index (κ3) is 3.27. The van der Waals surface area contributed by atoms with Crippen LogP contribution in [0.25, 0.3) is 0 Å². The maximum absolute atomic E-state index is 4.47. The number of nitrogens with zero attached hydrogens (tertiary/aromatic N) is 3. The van der Waals surface area contributed by atoms with Crippen LogP contribution in [-0.2, 0) is 6.54 Å². The highest BCUT2D eigenvalue weighted by atomic mass is 15.2. The lowest BCUT2D eigenvalue weighted by molar-refractivity contribution is 0.116. The summed E-state index contributed by atoms with van der Waals surface area (Å²) in [5.74, 6) is 0. The van der Waals surface area contributed by atoms with Crippen molar-refractivity contribution in [1.29, 1.82) is 0 Å². The number of rotatable bonds is 4. The second-order valence-electron chi connectivity index (χ2n) is 5.15. The number of piperazine rings is 1. The van der Waals surface area contributed by atoms with Crippen molar-refractivity contribution in [1.82, 2.24) is 20.2 Å². The molecule has 0 aromatic carbocycles. The van der Waals surface area contributed by atoms with E-state index >= 15 is 0 Å². The Balaban J connectivity index is 2.02. The summed E-state index contributed by atoms with van der Waals surface area (Å²) in [6, 6.07) is 1.24. The van der Waals surface area contributed by atoms with Gasteiger partial charge in [-0.1, -0.05) is 13.8 Å². The molecule has 2 heterocycles. The van der Waals surface area contributed by atoms with Crippen LogP contribution < -0.4 is 5.32 Å². The molecule has 4 nitrogen and oxygen atoms in total. The van der Waals surface area contributed by atoms with Crippen LogP contribution in [-0.4, -0.2) is 40.0 Å². The number of nitrogens with one attached hydrogen (secondary N) is 1. The Hall–Kier alpha value is -1.00. The van der Waals surface area contributed by atoms with Crippen molar-refractivity contribution in [3.8, 4) is 0 Å². The van der Waals surface area contributed by atoms with Crippen LogP contribution in [0.3, 0.4) is 0 Å². The summed E-state index contributed by atoms with van der Waals surface area (Å²) in [5.41, 5.74) is 2.06.